The fourth-order valence-electron chi connectivity index (χ4n) is 7.37. The molecule has 3 aliphatic rings. The molecule has 2 bridgehead atoms. The molecule has 7 atom stereocenters. The van der Waals surface area contributed by atoms with Gasteiger partial charge in [-0.2, -0.15) is 0 Å². The molecule has 226 valence electrons. The van der Waals surface area contributed by atoms with E-state index in [9.17, 15) is 14.4 Å². The zero-order chi connectivity index (χ0) is 29.5. The van der Waals surface area contributed by atoms with Gasteiger partial charge in [-0.3, -0.25) is 14.4 Å². The lowest BCUT2D eigenvalue weighted by Crippen LogP contribution is -2.58. The summed E-state index contributed by atoms with van der Waals surface area (Å²) in [5.74, 6) is -2.21. The summed E-state index contributed by atoms with van der Waals surface area (Å²) in [6.07, 6.45) is 11.5. The van der Waals surface area contributed by atoms with Gasteiger partial charge in [-0.1, -0.05) is 45.3 Å². The average Bonchev–Trinajstić information content (AvgIpc) is 3.43. The van der Waals surface area contributed by atoms with Crippen LogP contribution in [0.2, 0.25) is 0 Å². The van der Waals surface area contributed by atoms with E-state index in [-0.39, 0.29) is 30.4 Å². The van der Waals surface area contributed by atoms with Crippen LogP contribution < -0.4 is 0 Å². The first kappa shape index (κ1) is 32.3. The lowest BCUT2D eigenvalue weighted by Gasteiger charge is -2.39. The van der Waals surface area contributed by atoms with Crippen molar-refractivity contribution in [2.24, 2.45) is 17.8 Å². The third-order valence-corrected chi connectivity index (χ3v) is 9.50. The number of ether oxygens (including phenoxy) is 2. The van der Waals surface area contributed by atoms with Gasteiger partial charge in [0, 0.05) is 25.7 Å². The van der Waals surface area contributed by atoms with E-state index in [4.69, 9.17) is 14.6 Å². The molecule has 0 aromatic rings. The molecule has 2 amide bonds. The van der Waals surface area contributed by atoms with Crippen LogP contribution in [0, 0.1) is 17.8 Å². The minimum Gasteiger partial charge on any atom is -0.465 e. The third-order valence-electron chi connectivity index (χ3n) is 9.50. The first-order valence-corrected chi connectivity index (χ1v) is 15.4. The monoisotopic (exact) mass is 560 g/mol. The van der Waals surface area contributed by atoms with E-state index in [0.717, 1.165) is 51.4 Å². The van der Waals surface area contributed by atoms with Crippen LogP contribution in [0.15, 0.2) is 25.3 Å². The maximum absolute atomic E-state index is 14.5. The zero-order valence-electron chi connectivity index (χ0n) is 25.2. The van der Waals surface area contributed by atoms with E-state index in [0.29, 0.717) is 32.5 Å². The van der Waals surface area contributed by atoms with Crippen LogP contribution in [-0.2, 0) is 23.9 Å². The Hall–Kier alpha value is -2.19. The van der Waals surface area contributed by atoms with Crippen LogP contribution in [0.4, 0.5) is 0 Å². The number of nitrogens with zero attached hydrogens (tertiary/aromatic N) is 2. The number of carbonyl (C=O) groups is 3. The second kappa shape index (κ2) is 14.1. The number of allylic oxidation sites excluding steroid dienone is 1. The summed E-state index contributed by atoms with van der Waals surface area (Å²) in [5, 5.41) is 9.17. The van der Waals surface area contributed by atoms with Gasteiger partial charge in [0.2, 0.25) is 11.8 Å². The number of hydrogen-bond donors (Lipinski definition) is 1. The van der Waals surface area contributed by atoms with E-state index in [1.807, 2.05) is 24.8 Å². The zero-order valence-corrected chi connectivity index (χ0v) is 25.2. The van der Waals surface area contributed by atoms with Gasteiger partial charge in [-0.25, -0.2) is 0 Å². The smallest absolute Gasteiger partial charge is 0.312 e. The summed E-state index contributed by atoms with van der Waals surface area (Å²) < 4.78 is 12.6. The molecule has 0 aromatic carbocycles. The quantitative estimate of drug-likeness (QED) is 0.149. The number of fused-ring (bicyclic) bond motifs is 1. The fraction of sp³-hybridized carbons (Fsp3) is 0.781. The normalized spacial score (nSPS) is 31.2. The molecule has 3 saturated heterocycles. The lowest BCUT2D eigenvalue weighted by atomic mass is 9.62. The molecule has 0 aliphatic carbocycles. The van der Waals surface area contributed by atoms with Gasteiger partial charge in [-0.15, -0.1) is 13.2 Å². The molecule has 4 unspecified atom stereocenters. The Morgan fingerprint density at radius 3 is 2.58 bits per heavy atom. The number of likely N-dealkylation sites (tertiary alicyclic amines) is 1. The summed E-state index contributed by atoms with van der Waals surface area (Å²) in [6, 6.07) is -0.813. The van der Waals surface area contributed by atoms with E-state index < -0.39 is 35.0 Å². The molecule has 3 aliphatic heterocycles. The second-order valence-corrected chi connectivity index (χ2v) is 12.2. The maximum atomic E-state index is 14.5. The molecule has 8 heteroatoms. The molecule has 0 saturated carbocycles. The van der Waals surface area contributed by atoms with E-state index in [1.54, 1.807) is 11.0 Å². The number of carbonyl (C=O) groups excluding carboxylic acids is 3. The Labute approximate surface area is 241 Å². The molecule has 3 fully saturated rings. The van der Waals surface area contributed by atoms with E-state index in [1.165, 1.54) is 0 Å². The number of esters is 1. The SMILES string of the molecule is C=CCCCCOC(=O)[C@H]1[C@H]2C(=O)N(CCCCCCO)C(C(=O)N(CC=C)C(C)CCC)C23CC(C)[C@]1(C)O3. The van der Waals surface area contributed by atoms with E-state index >= 15 is 0 Å². The molecule has 0 aromatic heterocycles. The van der Waals surface area contributed by atoms with E-state index in [2.05, 4.69) is 27.0 Å². The van der Waals surface area contributed by atoms with Crippen molar-refractivity contribution < 1.29 is 29.0 Å². The number of hydrogen-bond acceptors (Lipinski definition) is 6. The van der Waals surface area contributed by atoms with Crippen molar-refractivity contribution in [3.05, 3.63) is 25.3 Å². The van der Waals surface area contributed by atoms with Gasteiger partial charge >= 0.3 is 5.97 Å². The summed E-state index contributed by atoms with van der Waals surface area (Å²) in [7, 11) is 0. The molecule has 8 nitrogen and oxygen atoms in total. The minimum atomic E-state index is -1.06. The van der Waals surface area contributed by atoms with Gasteiger partial charge in [0.25, 0.3) is 0 Å². The van der Waals surface area contributed by atoms with Crippen LogP contribution >= 0.6 is 0 Å². The second-order valence-electron chi connectivity index (χ2n) is 12.2. The van der Waals surface area contributed by atoms with Crippen LogP contribution in [0.1, 0.15) is 91.9 Å². The molecule has 0 radical (unpaired) electrons. The first-order chi connectivity index (χ1) is 19.1. The van der Waals surface area contributed by atoms with Gasteiger partial charge < -0.3 is 24.4 Å². The van der Waals surface area contributed by atoms with Gasteiger partial charge in [0.05, 0.1) is 18.1 Å². The lowest BCUT2D eigenvalue weighted by molar-refractivity contribution is -0.162. The minimum absolute atomic E-state index is 0.0180. The van der Waals surface area contributed by atoms with Gasteiger partial charge in [0.1, 0.15) is 17.6 Å². The first-order valence-electron chi connectivity index (χ1n) is 15.4. The molecule has 3 heterocycles. The van der Waals surface area contributed by atoms with Crippen LogP contribution in [-0.4, -0.2) is 82.3 Å². The van der Waals surface area contributed by atoms with Crippen molar-refractivity contribution in [3.8, 4) is 0 Å². The van der Waals surface area contributed by atoms with Crippen molar-refractivity contribution in [3.63, 3.8) is 0 Å². The third kappa shape index (κ3) is 6.03. The predicted octanol–water partition coefficient (Wildman–Crippen LogP) is 4.65. The number of rotatable bonds is 18. The Morgan fingerprint density at radius 2 is 1.93 bits per heavy atom. The molecule has 1 spiro atoms. The fourth-order valence-corrected chi connectivity index (χ4v) is 7.37. The van der Waals surface area contributed by atoms with Crippen LogP contribution in [0.25, 0.3) is 0 Å². The van der Waals surface area contributed by atoms with Crippen molar-refractivity contribution >= 4 is 17.8 Å². The highest BCUT2D eigenvalue weighted by molar-refractivity contribution is 5.98. The Morgan fingerprint density at radius 1 is 1.20 bits per heavy atom. The number of amides is 2. The Balaban J connectivity index is 1.96. The molecular formula is C32H52N2O6. The van der Waals surface area contributed by atoms with Crippen molar-refractivity contribution in [2.75, 3.05) is 26.3 Å². The number of unbranched alkanes of at least 4 members (excludes halogenated alkanes) is 5. The van der Waals surface area contributed by atoms with Gasteiger partial charge in [0.15, 0.2) is 0 Å². The Kier molecular flexibility index (Phi) is 11.4. The van der Waals surface area contributed by atoms with Crippen molar-refractivity contribution in [1.29, 1.82) is 0 Å². The van der Waals surface area contributed by atoms with Crippen molar-refractivity contribution in [2.45, 2.75) is 115 Å². The maximum Gasteiger partial charge on any atom is 0.312 e. The Bertz CT molecular complexity index is 923. The van der Waals surface area contributed by atoms with Gasteiger partial charge in [-0.05, 0) is 64.7 Å². The highest BCUT2D eigenvalue weighted by Gasteiger charge is 2.80. The summed E-state index contributed by atoms with van der Waals surface area (Å²) in [5.41, 5.74) is -1.94. The number of aliphatic hydroxyl groups excluding tert-OH is 1. The average molecular weight is 561 g/mol. The highest BCUT2D eigenvalue weighted by atomic mass is 16.6. The predicted molar refractivity (Wildman–Crippen MR) is 155 cm³/mol. The largest absolute Gasteiger partial charge is 0.465 e. The standard InChI is InChI=1S/C32H52N2O6/c1-7-10-11-16-21-39-30(38)26-25-28(36)34(19-14-12-13-15-20-35)27(32(25)22-23(4)31(26,6)40-32)29(37)33(18-9-3)24(5)17-8-2/h7,9,23-27,35H,1,3,8,10-22H2,2,4-6H3/t23?,24?,25-,26+,27?,31-,32?/m0/s1. The summed E-state index contributed by atoms with van der Waals surface area (Å²) >= 11 is 0. The molecule has 40 heavy (non-hydrogen) atoms. The molecule has 3 rings (SSSR count). The topological polar surface area (TPSA) is 96.4 Å². The molecular weight excluding hydrogens is 508 g/mol. The summed E-state index contributed by atoms with van der Waals surface area (Å²) in [6.45, 7) is 17.0. The van der Waals surface area contributed by atoms with Crippen molar-refractivity contribution in [1.82, 2.24) is 9.80 Å². The molecule has 1 N–H and O–H groups in total. The number of aliphatic hydroxyl groups is 1. The van der Waals surface area contributed by atoms with Crippen LogP contribution in [0.3, 0.4) is 0 Å². The van der Waals surface area contributed by atoms with Crippen LogP contribution in [0.5, 0.6) is 0 Å². The highest BCUT2D eigenvalue weighted by Crippen LogP contribution is 2.65. The summed E-state index contributed by atoms with van der Waals surface area (Å²) in [4.78, 5) is 45.9.